The maximum Gasteiger partial charge on any atom is 0.260 e. The van der Waals surface area contributed by atoms with Crippen LogP contribution in [0.2, 0.25) is 0 Å². The van der Waals surface area contributed by atoms with Gasteiger partial charge in [0.1, 0.15) is 5.75 Å². The van der Waals surface area contributed by atoms with E-state index in [1.54, 1.807) is 36.5 Å². The smallest absolute Gasteiger partial charge is 0.260 e. The van der Waals surface area contributed by atoms with Gasteiger partial charge in [-0.2, -0.15) is 0 Å². The fourth-order valence-corrected chi connectivity index (χ4v) is 0.864. The van der Waals surface area contributed by atoms with Crippen LogP contribution in [0.25, 0.3) is 0 Å². The molecule has 0 atom stereocenters. The van der Waals surface area contributed by atoms with Crippen LogP contribution < -0.4 is 4.74 Å². The van der Waals surface area contributed by atoms with Crippen LogP contribution in [0, 0.1) is 0 Å². The molecule has 1 amide bonds. The van der Waals surface area contributed by atoms with Gasteiger partial charge in [0.05, 0.1) is 6.20 Å². The summed E-state index contributed by atoms with van der Waals surface area (Å²) in [6.07, 6.45) is 3.24. The molecule has 4 nitrogen and oxygen atoms in total. The first-order valence-electron chi connectivity index (χ1n) is 4.51. The normalized spacial score (nSPS) is 9.57. The number of hydrogen-bond acceptors (Lipinski definition) is 3. The third kappa shape index (κ3) is 3.05. The van der Waals surface area contributed by atoms with E-state index in [0.29, 0.717) is 12.3 Å². The average Bonchev–Trinajstić information content (AvgIpc) is 2.26. The molecule has 0 aliphatic carbocycles. The van der Waals surface area contributed by atoms with Crippen molar-refractivity contribution in [3.05, 3.63) is 24.5 Å². The van der Waals surface area contributed by atoms with Crippen molar-refractivity contribution >= 4 is 5.91 Å². The van der Waals surface area contributed by atoms with Gasteiger partial charge >= 0.3 is 0 Å². The second kappa shape index (κ2) is 5.21. The number of hydrogen-bond donors (Lipinski definition) is 0. The van der Waals surface area contributed by atoms with Crippen LogP contribution in [-0.2, 0) is 4.79 Å². The summed E-state index contributed by atoms with van der Waals surface area (Å²) in [7, 11) is 1.74. The van der Waals surface area contributed by atoms with Crippen molar-refractivity contribution in [2.75, 3.05) is 20.2 Å². The van der Waals surface area contributed by atoms with E-state index >= 15 is 0 Å². The lowest BCUT2D eigenvalue weighted by atomic mass is 10.4. The highest BCUT2D eigenvalue weighted by Gasteiger charge is 2.06. The molecule has 76 valence electrons. The molecule has 0 fully saturated rings. The Morgan fingerprint density at radius 1 is 1.64 bits per heavy atom. The topological polar surface area (TPSA) is 42.4 Å². The molecular weight excluding hydrogens is 180 g/mol. The number of carbonyl (C=O) groups excluding carboxylic acids is 1. The third-order valence-corrected chi connectivity index (χ3v) is 1.90. The largest absolute Gasteiger partial charge is 0.482 e. The first kappa shape index (κ1) is 10.5. The van der Waals surface area contributed by atoms with Gasteiger partial charge in [-0.1, -0.05) is 0 Å². The lowest BCUT2D eigenvalue weighted by molar-refractivity contribution is -0.131. The molecule has 1 rings (SSSR count). The summed E-state index contributed by atoms with van der Waals surface area (Å²) >= 11 is 0. The molecule has 0 radical (unpaired) electrons. The quantitative estimate of drug-likeness (QED) is 0.716. The Morgan fingerprint density at radius 2 is 2.43 bits per heavy atom. The fourth-order valence-electron chi connectivity index (χ4n) is 0.864. The Hall–Kier alpha value is -1.58. The highest BCUT2D eigenvalue weighted by atomic mass is 16.5. The average molecular weight is 194 g/mol. The van der Waals surface area contributed by atoms with Gasteiger partial charge in [0, 0.05) is 19.8 Å². The van der Waals surface area contributed by atoms with E-state index in [9.17, 15) is 4.79 Å². The Bertz CT molecular complexity index is 287. The molecule has 0 spiro atoms. The van der Waals surface area contributed by atoms with E-state index in [1.165, 1.54) is 0 Å². The minimum atomic E-state index is -0.0312. The van der Waals surface area contributed by atoms with Gasteiger partial charge in [0.15, 0.2) is 6.61 Å². The second-order valence-corrected chi connectivity index (χ2v) is 2.89. The zero-order valence-electron chi connectivity index (χ0n) is 8.43. The molecule has 0 aliphatic heterocycles. The fraction of sp³-hybridized carbons (Fsp3) is 0.400. The number of likely N-dealkylation sites (N-methyl/N-ethyl adjacent to an activating group) is 1. The van der Waals surface area contributed by atoms with Crippen LogP contribution in [0.3, 0.4) is 0 Å². The molecule has 1 heterocycles. The molecule has 14 heavy (non-hydrogen) atoms. The van der Waals surface area contributed by atoms with Crippen LogP contribution in [0.15, 0.2) is 24.5 Å². The second-order valence-electron chi connectivity index (χ2n) is 2.89. The number of rotatable bonds is 4. The van der Waals surface area contributed by atoms with Crippen molar-refractivity contribution in [2.24, 2.45) is 0 Å². The third-order valence-electron chi connectivity index (χ3n) is 1.90. The highest BCUT2D eigenvalue weighted by Crippen LogP contribution is 2.05. The number of carbonyl (C=O) groups is 1. The number of pyridine rings is 1. The van der Waals surface area contributed by atoms with Gasteiger partial charge in [0.25, 0.3) is 5.91 Å². The van der Waals surface area contributed by atoms with Crippen molar-refractivity contribution in [1.29, 1.82) is 0 Å². The van der Waals surface area contributed by atoms with Crippen LogP contribution in [0.5, 0.6) is 5.75 Å². The number of amides is 1. The lowest BCUT2D eigenvalue weighted by Crippen LogP contribution is -2.31. The summed E-state index contributed by atoms with van der Waals surface area (Å²) in [5.74, 6) is 0.585. The molecule has 0 aromatic carbocycles. The van der Waals surface area contributed by atoms with Crippen molar-refractivity contribution in [3.8, 4) is 5.75 Å². The molecule has 0 unspecified atom stereocenters. The molecule has 0 aliphatic rings. The summed E-state index contributed by atoms with van der Waals surface area (Å²) < 4.78 is 5.24. The minimum Gasteiger partial charge on any atom is -0.482 e. The van der Waals surface area contributed by atoms with Crippen molar-refractivity contribution in [2.45, 2.75) is 6.92 Å². The van der Waals surface area contributed by atoms with Crippen molar-refractivity contribution in [1.82, 2.24) is 9.88 Å². The van der Waals surface area contributed by atoms with E-state index in [4.69, 9.17) is 4.74 Å². The SMILES string of the molecule is CCN(C)C(=O)COc1cccnc1. The lowest BCUT2D eigenvalue weighted by Gasteiger charge is -2.14. The zero-order valence-corrected chi connectivity index (χ0v) is 8.43. The van der Waals surface area contributed by atoms with E-state index < -0.39 is 0 Å². The molecule has 0 bridgehead atoms. The van der Waals surface area contributed by atoms with Crippen LogP contribution in [-0.4, -0.2) is 36.0 Å². The molecular formula is C10H14N2O2. The van der Waals surface area contributed by atoms with Gasteiger partial charge in [0.2, 0.25) is 0 Å². The van der Waals surface area contributed by atoms with E-state index in [1.807, 2.05) is 6.92 Å². The number of aromatic nitrogens is 1. The highest BCUT2D eigenvalue weighted by molar-refractivity contribution is 5.77. The van der Waals surface area contributed by atoms with Gasteiger partial charge in [-0.15, -0.1) is 0 Å². The Labute approximate surface area is 83.5 Å². The van der Waals surface area contributed by atoms with Gasteiger partial charge in [-0.25, -0.2) is 0 Å². The summed E-state index contributed by atoms with van der Waals surface area (Å²) in [6, 6.07) is 3.54. The molecule has 1 aromatic rings. The summed E-state index contributed by atoms with van der Waals surface area (Å²) in [5, 5.41) is 0. The zero-order chi connectivity index (χ0) is 10.4. The Balaban J connectivity index is 2.38. The first-order chi connectivity index (χ1) is 6.74. The standard InChI is InChI=1S/C10H14N2O2/c1-3-12(2)10(13)8-14-9-5-4-6-11-7-9/h4-7H,3,8H2,1-2H3. The molecule has 1 aromatic heterocycles. The Morgan fingerprint density at radius 3 is 3.00 bits per heavy atom. The maximum absolute atomic E-state index is 11.3. The molecule has 0 saturated carbocycles. The monoisotopic (exact) mass is 194 g/mol. The van der Waals surface area contributed by atoms with E-state index in [0.717, 1.165) is 0 Å². The summed E-state index contributed by atoms with van der Waals surface area (Å²) in [4.78, 5) is 16.8. The summed E-state index contributed by atoms with van der Waals surface area (Å²) in [6.45, 7) is 2.67. The predicted octanol–water partition coefficient (Wildman–Crippen LogP) is 0.939. The molecule has 4 heteroatoms. The predicted molar refractivity (Wildman–Crippen MR) is 53.0 cm³/mol. The summed E-state index contributed by atoms with van der Waals surface area (Å²) in [5.41, 5.74) is 0. The minimum absolute atomic E-state index is 0.0312. The molecule has 0 saturated heterocycles. The van der Waals surface area contributed by atoms with Crippen LogP contribution >= 0.6 is 0 Å². The van der Waals surface area contributed by atoms with Crippen LogP contribution in [0.4, 0.5) is 0 Å². The van der Waals surface area contributed by atoms with Gasteiger partial charge < -0.3 is 9.64 Å². The number of ether oxygens (including phenoxy) is 1. The van der Waals surface area contributed by atoms with Crippen molar-refractivity contribution in [3.63, 3.8) is 0 Å². The Kier molecular flexibility index (Phi) is 3.91. The molecule has 0 N–H and O–H groups in total. The van der Waals surface area contributed by atoms with Gasteiger partial charge in [-0.3, -0.25) is 9.78 Å². The van der Waals surface area contributed by atoms with Crippen LogP contribution in [0.1, 0.15) is 6.92 Å². The van der Waals surface area contributed by atoms with Gasteiger partial charge in [-0.05, 0) is 19.1 Å². The van der Waals surface area contributed by atoms with Crippen molar-refractivity contribution < 1.29 is 9.53 Å². The van der Waals surface area contributed by atoms with E-state index in [2.05, 4.69) is 4.98 Å². The van der Waals surface area contributed by atoms with E-state index in [-0.39, 0.29) is 12.5 Å². The number of nitrogens with zero attached hydrogens (tertiary/aromatic N) is 2. The first-order valence-corrected chi connectivity index (χ1v) is 4.51. The maximum atomic E-state index is 11.3.